The summed E-state index contributed by atoms with van der Waals surface area (Å²) < 4.78 is 5.62. The van der Waals surface area contributed by atoms with E-state index in [-0.39, 0.29) is 0 Å². The third-order valence-electron chi connectivity index (χ3n) is 2.01. The summed E-state index contributed by atoms with van der Waals surface area (Å²) in [5, 5.41) is 0. The van der Waals surface area contributed by atoms with Gasteiger partial charge in [0.1, 0.15) is 5.75 Å². The minimum absolute atomic E-state index is 0.672. The van der Waals surface area contributed by atoms with Crippen molar-refractivity contribution in [2.45, 2.75) is 27.2 Å². The minimum Gasteiger partial charge on any atom is -0.492 e. The van der Waals surface area contributed by atoms with Crippen molar-refractivity contribution in [3.63, 3.8) is 0 Å². The van der Waals surface area contributed by atoms with Crippen molar-refractivity contribution in [2.75, 3.05) is 6.61 Å². The Hall–Kier alpha value is -1.42. The normalized spacial score (nSPS) is 9.07. The van der Waals surface area contributed by atoms with Gasteiger partial charge in [-0.1, -0.05) is 12.1 Å². The fourth-order valence-electron chi connectivity index (χ4n) is 1.20. The number of rotatable bonds is 3. The van der Waals surface area contributed by atoms with Gasteiger partial charge >= 0.3 is 0 Å². The lowest BCUT2D eigenvalue weighted by molar-refractivity contribution is 0.325. The van der Waals surface area contributed by atoms with Crippen LogP contribution in [0.3, 0.4) is 0 Å². The summed E-state index contributed by atoms with van der Waals surface area (Å²) in [6.45, 7) is 6.64. The number of hydrogen-bond acceptors (Lipinski definition) is 1. The molecule has 1 heteroatoms. The Kier molecular flexibility index (Phi) is 4.07. The highest BCUT2D eigenvalue weighted by molar-refractivity contribution is 5.35. The molecule has 0 N–H and O–H groups in total. The summed E-state index contributed by atoms with van der Waals surface area (Å²) in [5.41, 5.74) is 2.41. The van der Waals surface area contributed by atoms with Gasteiger partial charge in [-0.05, 0) is 38.0 Å². The second-order valence-corrected chi connectivity index (χ2v) is 3.29. The number of hydrogen-bond donors (Lipinski definition) is 0. The summed E-state index contributed by atoms with van der Waals surface area (Å²) in [6.07, 6.45) is 0.796. The first kappa shape index (κ1) is 10.7. The lowest BCUT2D eigenvalue weighted by atomic mass is 10.1. The number of aryl methyl sites for hydroxylation is 2. The average molecular weight is 188 g/mol. The van der Waals surface area contributed by atoms with Gasteiger partial charge in [-0.25, -0.2) is 0 Å². The van der Waals surface area contributed by atoms with E-state index in [1.165, 1.54) is 11.1 Å². The maximum atomic E-state index is 5.62. The molecular formula is C13H16O. The van der Waals surface area contributed by atoms with Crippen LogP contribution < -0.4 is 4.74 Å². The molecule has 0 aliphatic carbocycles. The zero-order chi connectivity index (χ0) is 10.4. The molecule has 0 aliphatic rings. The van der Waals surface area contributed by atoms with Crippen LogP contribution in [0.1, 0.15) is 24.5 Å². The maximum absolute atomic E-state index is 5.62. The van der Waals surface area contributed by atoms with Gasteiger partial charge in [-0.3, -0.25) is 0 Å². The van der Waals surface area contributed by atoms with E-state index in [0.29, 0.717) is 6.61 Å². The van der Waals surface area contributed by atoms with E-state index in [0.717, 1.165) is 12.2 Å². The van der Waals surface area contributed by atoms with E-state index < -0.39 is 0 Å². The second-order valence-electron chi connectivity index (χ2n) is 3.29. The lowest BCUT2D eigenvalue weighted by Gasteiger charge is -2.08. The fourth-order valence-corrected chi connectivity index (χ4v) is 1.20. The summed E-state index contributed by atoms with van der Waals surface area (Å²) >= 11 is 0. The van der Waals surface area contributed by atoms with Gasteiger partial charge in [-0.2, -0.15) is 0 Å². The highest BCUT2D eigenvalue weighted by Gasteiger charge is 1.98. The highest BCUT2D eigenvalue weighted by Crippen LogP contribution is 2.18. The molecule has 14 heavy (non-hydrogen) atoms. The van der Waals surface area contributed by atoms with Crippen LogP contribution in [0, 0.1) is 25.7 Å². The minimum atomic E-state index is 0.672. The Balaban J connectivity index is 2.56. The third-order valence-corrected chi connectivity index (χ3v) is 2.01. The second kappa shape index (κ2) is 5.34. The Morgan fingerprint density at radius 3 is 2.79 bits per heavy atom. The zero-order valence-corrected chi connectivity index (χ0v) is 9.05. The van der Waals surface area contributed by atoms with E-state index >= 15 is 0 Å². The molecule has 0 bridgehead atoms. The van der Waals surface area contributed by atoms with Crippen LogP contribution in [-0.4, -0.2) is 6.61 Å². The zero-order valence-electron chi connectivity index (χ0n) is 9.05. The Morgan fingerprint density at radius 1 is 1.29 bits per heavy atom. The van der Waals surface area contributed by atoms with Crippen LogP contribution in [-0.2, 0) is 0 Å². The third kappa shape index (κ3) is 3.14. The van der Waals surface area contributed by atoms with Gasteiger partial charge in [0, 0.05) is 6.42 Å². The fraction of sp³-hybridized carbons (Fsp3) is 0.385. The first-order chi connectivity index (χ1) is 6.74. The molecule has 0 spiro atoms. The molecule has 0 aliphatic heterocycles. The molecule has 0 saturated carbocycles. The Morgan fingerprint density at radius 2 is 2.07 bits per heavy atom. The van der Waals surface area contributed by atoms with Crippen molar-refractivity contribution >= 4 is 0 Å². The highest BCUT2D eigenvalue weighted by atomic mass is 16.5. The number of ether oxygens (including phenoxy) is 1. The average Bonchev–Trinajstić information content (AvgIpc) is 2.18. The largest absolute Gasteiger partial charge is 0.492 e. The topological polar surface area (TPSA) is 9.23 Å². The summed E-state index contributed by atoms with van der Waals surface area (Å²) in [5.74, 6) is 6.80. The van der Waals surface area contributed by atoms with Crippen LogP contribution in [0.25, 0.3) is 0 Å². The van der Waals surface area contributed by atoms with Crippen LogP contribution in [0.5, 0.6) is 5.75 Å². The van der Waals surface area contributed by atoms with Gasteiger partial charge in [0.15, 0.2) is 0 Å². The predicted octanol–water partition coefficient (Wildman–Crippen LogP) is 3.10. The summed E-state index contributed by atoms with van der Waals surface area (Å²) in [4.78, 5) is 0. The summed E-state index contributed by atoms with van der Waals surface area (Å²) in [6, 6.07) is 6.24. The SMILES string of the molecule is CC#CCCOc1cc(C)ccc1C. The van der Waals surface area contributed by atoms with Gasteiger partial charge in [0.05, 0.1) is 6.61 Å². The monoisotopic (exact) mass is 188 g/mol. The molecule has 1 nitrogen and oxygen atoms in total. The lowest BCUT2D eigenvalue weighted by Crippen LogP contribution is -1.97. The van der Waals surface area contributed by atoms with E-state index in [2.05, 4.69) is 43.9 Å². The quantitative estimate of drug-likeness (QED) is 0.523. The summed E-state index contributed by atoms with van der Waals surface area (Å²) in [7, 11) is 0. The van der Waals surface area contributed by atoms with E-state index in [4.69, 9.17) is 4.74 Å². The van der Waals surface area contributed by atoms with Crippen molar-refractivity contribution in [3.05, 3.63) is 29.3 Å². The van der Waals surface area contributed by atoms with Crippen LogP contribution in [0.2, 0.25) is 0 Å². The molecule has 0 saturated heterocycles. The molecular weight excluding hydrogens is 172 g/mol. The van der Waals surface area contributed by atoms with Crippen molar-refractivity contribution in [1.29, 1.82) is 0 Å². The molecule has 74 valence electrons. The standard InChI is InChI=1S/C13H16O/c1-4-5-6-9-14-13-10-11(2)7-8-12(13)3/h7-8,10H,6,9H2,1-3H3. The van der Waals surface area contributed by atoms with Crippen LogP contribution in [0.15, 0.2) is 18.2 Å². The molecule has 0 radical (unpaired) electrons. The maximum Gasteiger partial charge on any atom is 0.122 e. The van der Waals surface area contributed by atoms with E-state index in [9.17, 15) is 0 Å². The molecule has 0 heterocycles. The van der Waals surface area contributed by atoms with Crippen molar-refractivity contribution < 1.29 is 4.74 Å². The molecule has 0 aromatic heterocycles. The molecule has 0 unspecified atom stereocenters. The van der Waals surface area contributed by atoms with Gasteiger partial charge in [0.25, 0.3) is 0 Å². The molecule has 0 amide bonds. The van der Waals surface area contributed by atoms with Crippen molar-refractivity contribution in [2.24, 2.45) is 0 Å². The molecule has 1 aromatic rings. The van der Waals surface area contributed by atoms with Gasteiger partial charge in [0.2, 0.25) is 0 Å². The van der Waals surface area contributed by atoms with E-state index in [1.807, 2.05) is 6.92 Å². The number of benzene rings is 1. The first-order valence-corrected chi connectivity index (χ1v) is 4.83. The smallest absolute Gasteiger partial charge is 0.122 e. The van der Waals surface area contributed by atoms with Gasteiger partial charge < -0.3 is 4.74 Å². The van der Waals surface area contributed by atoms with E-state index in [1.54, 1.807) is 0 Å². The predicted molar refractivity (Wildman–Crippen MR) is 59.5 cm³/mol. The molecule has 0 fully saturated rings. The molecule has 1 rings (SSSR count). The molecule has 1 aromatic carbocycles. The van der Waals surface area contributed by atoms with Crippen molar-refractivity contribution in [1.82, 2.24) is 0 Å². The Labute approximate surface area is 86.1 Å². The first-order valence-electron chi connectivity index (χ1n) is 4.83. The van der Waals surface area contributed by atoms with Gasteiger partial charge in [-0.15, -0.1) is 11.8 Å². The van der Waals surface area contributed by atoms with Crippen molar-refractivity contribution in [3.8, 4) is 17.6 Å². The Bertz CT molecular complexity index is 355. The van der Waals surface area contributed by atoms with Crippen LogP contribution >= 0.6 is 0 Å². The molecule has 0 atom stereocenters. The van der Waals surface area contributed by atoms with Crippen LogP contribution in [0.4, 0.5) is 0 Å².